The van der Waals surface area contributed by atoms with Gasteiger partial charge in [0, 0.05) is 30.1 Å². The summed E-state index contributed by atoms with van der Waals surface area (Å²) in [4.78, 5) is 9.23. The van der Waals surface area contributed by atoms with Crippen molar-refractivity contribution in [3.8, 4) is 21.7 Å². The van der Waals surface area contributed by atoms with E-state index >= 15 is 0 Å². The van der Waals surface area contributed by atoms with Crippen molar-refractivity contribution in [2.45, 2.75) is 13.1 Å². The van der Waals surface area contributed by atoms with E-state index in [1.54, 1.807) is 24.4 Å². The van der Waals surface area contributed by atoms with Crippen molar-refractivity contribution in [3.05, 3.63) is 54.4 Å². The van der Waals surface area contributed by atoms with Gasteiger partial charge in [-0.3, -0.25) is 4.98 Å². The van der Waals surface area contributed by atoms with E-state index in [1.807, 2.05) is 6.92 Å². The normalized spacial score (nSPS) is 11.5. The molecule has 3 aromatic rings. The minimum atomic E-state index is -4.44. The largest absolute Gasteiger partial charge is 0.417 e. The average Bonchev–Trinajstić information content (AvgIpc) is 3.03. The molecule has 0 unspecified atom stereocenters. The molecule has 2 heterocycles. The predicted octanol–water partition coefficient (Wildman–Crippen LogP) is 5.32. The van der Waals surface area contributed by atoms with Crippen LogP contribution in [0.3, 0.4) is 0 Å². The van der Waals surface area contributed by atoms with Gasteiger partial charge in [0.25, 0.3) is 0 Å². The van der Waals surface area contributed by atoms with Crippen molar-refractivity contribution in [3.63, 3.8) is 0 Å². The van der Waals surface area contributed by atoms with Crippen LogP contribution < -0.4 is 5.32 Å². The number of rotatable bonds is 4. The van der Waals surface area contributed by atoms with E-state index in [-0.39, 0.29) is 5.56 Å². The molecular weight excluding hydrogens is 335 g/mol. The van der Waals surface area contributed by atoms with Crippen LogP contribution >= 0.6 is 11.3 Å². The first-order valence-corrected chi connectivity index (χ1v) is 8.14. The second-order valence-corrected chi connectivity index (χ2v) is 6.03. The number of benzene rings is 1. The first-order valence-electron chi connectivity index (χ1n) is 7.32. The third kappa shape index (κ3) is 3.26. The van der Waals surface area contributed by atoms with E-state index in [9.17, 15) is 13.2 Å². The molecule has 0 amide bonds. The molecule has 0 spiro atoms. The second-order valence-electron chi connectivity index (χ2n) is 5.00. The van der Waals surface area contributed by atoms with E-state index in [4.69, 9.17) is 0 Å². The molecule has 0 saturated heterocycles. The molecule has 7 heteroatoms. The quantitative estimate of drug-likeness (QED) is 0.692. The Balaban J connectivity index is 2.14. The maximum atomic E-state index is 13.3. The van der Waals surface area contributed by atoms with Gasteiger partial charge >= 0.3 is 6.18 Å². The van der Waals surface area contributed by atoms with Gasteiger partial charge in [-0.05, 0) is 25.1 Å². The van der Waals surface area contributed by atoms with E-state index in [0.29, 0.717) is 11.3 Å². The Hall–Kier alpha value is -2.41. The lowest BCUT2D eigenvalue weighted by Gasteiger charge is -2.14. The van der Waals surface area contributed by atoms with E-state index in [0.717, 1.165) is 22.6 Å². The molecule has 1 aromatic carbocycles. The molecule has 3 nitrogen and oxygen atoms in total. The van der Waals surface area contributed by atoms with Crippen molar-refractivity contribution in [2.75, 3.05) is 11.9 Å². The molecule has 0 aliphatic carbocycles. The van der Waals surface area contributed by atoms with E-state index < -0.39 is 11.7 Å². The molecule has 0 atom stereocenters. The van der Waals surface area contributed by atoms with Gasteiger partial charge in [0.1, 0.15) is 0 Å². The van der Waals surface area contributed by atoms with Crippen LogP contribution in [-0.4, -0.2) is 16.5 Å². The summed E-state index contributed by atoms with van der Waals surface area (Å²) in [6, 6.07) is 8.95. The summed E-state index contributed by atoms with van der Waals surface area (Å²) >= 11 is 1.39. The third-order valence-electron chi connectivity index (χ3n) is 3.39. The highest BCUT2D eigenvalue weighted by atomic mass is 32.1. The summed E-state index contributed by atoms with van der Waals surface area (Å²) in [5.74, 6) is 0. The molecule has 0 aliphatic rings. The predicted molar refractivity (Wildman–Crippen MR) is 89.9 cm³/mol. The summed E-state index contributed by atoms with van der Waals surface area (Å²) in [7, 11) is 0. The Morgan fingerprint density at radius 3 is 2.54 bits per heavy atom. The molecular formula is C17H14F3N3S. The van der Waals surface area contributed by atoms with Gasteiger partial charge < -0.3 is 5.32 Å². The third-order valence-corrected chi connectivity index (χ3v) is 4.38. The zero-order valence-electron chi connectivity index (χ0n) is 12.8. The number of anilines is 1. The van der Waals surface area contributed by atoms with Crippen LogP contribution in [0.25, 0.3) is 21.7 Å². The van der Waals surface area contributed by atoms with Gasteiger partial charge in [0.15, 0.2) is 5.13 Å². The van der Waals surface area contributed by atoms with Crippen molar-refractivity contribution in [1.82, 2.24) is 9.97 Å². The minimum Gasteiger partial charge on any atom is -0.362 e. The molecule has 124 valence electrons. The van der Waals surface area contributed by atoms with Crippen LogP contribution in [0.4, 0.5) is 18.3 Å². The van der Waals surface area contributed by atoms with E-state index in [1.165, 1.54) is 29.7 Å². The Morgan fingerprint density at radius 1 is 1.04 bits per heavy atom. The fourth-order valence-electron chi connectivity index (χ4n) is 2.39. The van der Waals surface area contributed by atoms with Crippen LogP contribution in [-0.2, 0) is 6.18 Å². The average molecular weight is 349 g/mol. The number of aromatic nitrogens is 2. The van der Waals surface area contributed by atoms with Crippen LogP contribution in [0.15, 0.2) is 48.8 Å². The number of pyridine rings is 1. The highest BCUT2D eigenvalue weighted by molar-refractivity contribution is 7.18. The number of nitrogens with one attached hydrogen (secondary N) is 1. The molecule has 0 aliphatic heterocycles. The maximum absolute atomic E-state index is 13.3. The Kier molecular flexibility index (Phi) is 4.53. The highest BCUT2D eigenvalue weighted by Gasteiger charge is 2.34. The number of hydrogen-bond acceptors (Lipinski definition) is 4. The van der Waals surface area contributed by atoms with Gasteiger partial charge in [-0.2, -0.15) is 13.2 Å². The van der Waals surface area contributed by atoms with Gasteiger partial charge in [-0.15, -0.1) is 0 Å². The standard InChI is InChI=1S/C17H14F3N3S/c1-2-21-16-23-10-14(24-16)12-7-5-9-22-15(12)11-6-3-4-8-13(11)17(18,19)20/h3-10H,2H2,1H3,(H,21,23). The monoisotopic (exact) mass is 349 g/mol. The fraction of sp³-hybridized carbons (Fsp3) is 0.176. The number of thiazole rings is 1. The van der Waals surface area contributed by atoms with Gasteiger partial charge in [0.05, 0.1) is 16.1 Å². The summed E-state index contributed by atoms with van der Waals surface area (Å²) in [5, 5.41) is 3.83. The number of hydrogen-bond donors (Lipinski definition) is 1. The molecule has 0 saturated carbocycles. The van der Waals surface area contributed by atoms with Gasteiger partial charge in [-0.1, -0.05) is 29.5 Å². The lowest BCUT2D eigenvalue weighted by molar-refractivity contribution is -0.137. The maximum Gasteiger partial charge on any atom is 0.417 e. The van der Waals surface area contributed by atoms with Crippen LogP contribution in [0.1, 0.15) is 12.5 Å². The van der Waals surface area contributed by atoms with Crippen LogP contribution in [0.5, 0.6) is 0 Å². The number of halogens is 3. The zero-order chi connectivity index (χ0) is 17.2. The second kappa shape index (κ2) is 6.60. The Morgan fingerprint density at radius 2 is 1.79 bits per heavy atom. The van der Waals surface area contributed by atoms with Crippen molar-refractivity contribution in [2.24, 2.45) is 0 Å². The first kappa shape index (κ1) is 16.4. The smallest absolute Gasteiger partial charge is 0.362 e. The van der Waals surface area contributed by atoms with Gasteiger partial charge in [0.2, 0.25) is 0 Å². The summed E-state index contributed by atoms with van der Waals surface area (Å²) < 4.78 is 40.0. The lowest BCUT2D eigenvalue weighted by Crippen LogP contribution is -2.07. The molecule has 0 radical (unpaired) electrons. The van der Waals surface area contributed by atoms with E-state index in [2.05, 4.69) is 15.3 Å². The topological polar surface area (TPSA) is 37.8 Å². The molecule has 0 fully saturated rings. The fourth-order valence-corrected chi connectivity index (χ4v) is 3.30. The lowest BCUT2D eigenvalue weighted by atomic mass is 9.99. The summed E-state index contributed by atoms with van der Waals surface area (Å²) in [6.45, 7) is 2.68. The molecule has 24 heavy (non-hydrogen) atoms. The first-order chi connectivity index (χ1) is 11.5. The van der Waals surface area contributed by atoms with Crippen LogP contribution in [0.2, 0.25) is 0 Å². The van der Waals surface area contributed by atoms with Crippen LogP contribution in [0, 0.1) is 0 Å². The number of nitrogens with zero attached hydrogens (tertiary/aromatic N) is 2. The number of alkyl halides is 3. The highest BCUT2D eigenvalue weighted by Crippen LogP contribution is 2.41. The molecule has 3 rings (SSSR count). The minimum absolute atomic E-state index is 0.0685. The summed E-state index contributed by atoms with van der Waals surface area (Å²) in [6.07, 6.45) is -1.29. The van der Waals surface area contributed by atoms with Crippen molar-refractivity contribution < 1.29 is 13.2 Å². The zero-order valence-corrected chi connectivity index (χ0v) is 13.6. The summed E-state index contributed by atoms with van der Waals surface area (Å²) in [5.41, 5.74) is 0.313. The molecule has 2 aromatic heterocycles. The van der Waals surface area contributed by atoms with Crippen molar-refractivity contribution in [1.29, 1.82) is 0 Å². The SMILES string of the molecule is CCNc1ncc(-c2cccnc2-c2ccccc2C(F)(F)F)s1. The molecule has 1 N–H and O–H groups in total. The Bertz CT molecular complexity index is 843. The van der Waals surface area contributed by atoms with Gasteiger partial charge in [-0.25, -0.2) is 4.98 Å². The Labute approximate surface area is 141 Å². The van der Waals surface area contributed by atoms with Crippen molar-refractivity contribution >= 4 is 16.5 Å². The molecule has 0 bridgehead atoms.